The number of aromatic carboxylic acids is 1. The van der Waals surface area contributed by atoms with E-state index in [-0.39, 0.29) is 23.2 Å². The van der Waals surface area contributed by atoms with Gasteiger partial charge in [0, 0.05) is 35.5 Å². The van der Waals surface area contributed by atoms with Crippen LogP contribution in [0.4, 0.5) is 9.52 Å². The van der Waals surface area contributed by atoms with Gasteiger partial charge >= 0.3 is 5.97 Å². The second-order valence-electron chi connectivity index (χ2n) is 10.0. The molecule has 36 heavy (non-hydrogen) atoms. The van der Waals surface area contributed by atoms with Crippen LogP contribution in [0.5, 0.6) is 0 Å². The Morgan fingerprint density at radius 1 is 1.22 bits per heavy atom. The fourth-order valence-corrected chi connectivity index (χ4v) is 6.81. The van der Waals surface area contributed by atoms with Gasteiger partial charge in [0.2, 0.25) is 0 Å². The van der Waals surface area contributed by atoms with Crippen LogP contribution >= 0.6 is 11.3 Å². The van der Waals surface area contributed by atoms with Gasteiger partial charge in [0.25, 0.3) is 0 Å². The average Bonchev–Trinajstić information content (AvgIpc) is 3.23. The molecule has 7 nitrogen and oxygen atoms in total. The minimum atomic E-state index is -1.14. The topological polar surface area (TPSA) is 88.7 Å². The van der Waals surface area contributed by atoms with Crippen molar-refractivity contribution >= 4 is 32.7 Å². The summed E-state index contributed by atoms with van der Waals surface area (Å²) >= 11 is 1.35. The Bertz CT molecular complexity index is 1460. The van der Waals surface area contributed by atoms with Crippen molar-refractivity contribution in [3.63, 3.8) is 0 Å². The summed E-state index contributed by atoms with van der Waals surface area (Å²) in [6.45, 7) is 1.28. The summed E-state index contributed by atoms with van der Waals surface area (Å²) in [7, 11) is 0. The third kappa shape index (κ3) is 3.69. The average molecular weight is 506 g/mol. The molecule has 0 spiro atoms. The Morgan fingerprint density at radius 2 is 2.06 bits per heavy atom. The quantitative estimate of drug-likeness (QED) is 0.337. The lowest BCUT2D eigenvalue weighted by atomic mass is 10.0. The summed E-state index contributed by atoms with van der Waals surface area (Å²) in [5, 5.41) is 14.4. The van der Waals surface area contributed by atoms with Crippen molar-refractivity contribution < 1.29 is 23.6 Å². The molecule has 1 N–H and O–H groups in total. The summed E-state index contributed by atoms with van der Waals surface area (Å²) in [5.74, 6) is 0.0540. The number of aromatic nitrogens is 2. The number of rotatable bonds is 7. The van der Waals surface area contributed by atoms with Crippen LogP contribution in [0.2, 0.25) is 0 Å². The highest BCUT2D eigenvalue weighted by molar-refractivity contribution is 7.22. The lowest BCUT2D eigenvalue weighted by Gasteiger charge is -2.31. The van der Waals surface area contributed by atoms with Gasteiger partial charge in [-0.15, -0.1) is 0 Å². The molecule has 2 aliphatic carbocycles. The Morgan fingerprint density at radius 3 is 2.78 bits per heavy atom. The predicted octanol–water partition coefficient (Wildman–Crippen LogP) is 5.85. The van der Waals surface area contributed by atoms with Gasteiger partial charge in [-0.2, -0.15) is 0 Å². The number of fused-ring (bicyclic) bond motifs is 3. The van der Waals surface area contributed by atoms with Crippen LogP contribution in [-0.2, 0) is 11.3 Å². The third-order valence-electron chi connectivity index (χ3n) is 7.66. The smallest absolute Gasteiger partial charge is 0.335 e. The van der Waals surface area contributed by atoms with Crippen LogP contribution in [0.25, 0.3) is 21.5 Å². The molecule has 0 unspecified atom stereocenters. The van der Waals surface area contributed by atoms with E-state index in [2.05, 4.69) is 15.0 Å². The number of carboxylic acid groups (broad SMARTS) is 1. The Labute approximate surface area is 210 Å². The maximum Gasteiger partial charge on any atom is 0.335 e. The molecule has 0 amide bonds. The maximum absolute atomic E-state index is 14.5. The van der Waals surface area contributed by atoms with Gasteiger partial charge in [-0.1, -0.05) is 46.8 Å². The molecule has 2 aromatic carbocycles. The summed E-state index contributed by atoms with van der Waals surface area (Å²) in [6.07, 6.45) is 4.30. The second kappa shape index (κ2) is 8.38. The third-order valence-corrected chi connectivity index (χ3v) is 8.70. The Balaban J connectivity index is 1.07. The molecule has 3 atom stereocenters. The van der Waals surface area contributed by atoms with Gasteiger partial charge in [-0.3, -0.25) is 0 Å². The number of hydrogen-bond acceptors (Lipinski definition) is 7. The van der Waals surface area contributed by atoms with E-state index >= 15 is 0 Å². The molecule has 2 bridgehead atoms. The summed E-state index contributed by atoms with van der Waals surface area (Å²) < 4.78 is 27.3. The van der Waals surface area contributed by atoms with Gasteiger partial charge in [-0.05, 0) is 37.8 Å². The molecule has 1 saturated heterocycles. The fraction of sp³-hybridized carbons (Fsp3) is 0.370. The highest BCUT2D eigenvalue weighted by Crippen LogP contribution is 2.47. The van der Waals surface area contributed by atoms with E-state index < -0.39 is 11.8 Å². The first-order chi connectivity index (χ1) is 17.5. The van der Waals surface area contributed by atoms with Gasteiger partial charge in [0.1, 0.15) is 17.0 Å². The van der Waals surface area contributed by atoms with Crippen molar-refractivity contribution in [1.82, 2.24) is 10.1 Å². The van der Waals surface area contributed by atoms with Gasteiger partial charge < -0.3 is 19.3 Å². The Kier molecular flexibility index (Phi) is 5.11. The highest BCUT2D eigenvalue weighted by Gasteiger charge is 2.46. The first kappa shape index (κ1) is 21.9. The summed E-state index contributed by atoms with van der Waals surface area (Å²) in [5.41, 5.74) is 3.17. The molecule has 1 aliphatic heterocycles. The number of carbonyl (C=O) groups is 1. The number of halogens is 1. The van der Waals surface area contributed by atoms with Gasteiger partial charge in [-0.25, -0.2) is 14.2 Å². The van der Waals surface area contributed by atoms with E-state index in [1.807, 2.05) is 30.3 Å². The van der Waals surface area contributed by atoms with Crippen LogP contribution in [-0.4, -0.2) is 39.9 Å². The van der Waals surface area contributed by atoms with Crippen LogP contribution in [0.3, 0.4) is 0 Å². The highest BCUT2D eigenvalue weighted by atomic mass is 32.1. The molecule has 2 saturated carbocycles. The number of thiazole rings is 1. The molecule has 9 heteroatoms. The zero-order valence-electron chi connectivity index (χ0n) is 19.4. The minimum absolute atomic E-state index is 0.0548. The molecule has 4 aromatic rings. The van der Waals surface area contributed by atoms with Crippen LogP contribution in [0, 0.1) is 11.7 Å². The van der Waals surface area contributed by atoms with Gasteiger partial charge in [0.05, 0.1) is 23.0 Å². The van der Waals surface area contributed by atoms with Crippen LogP contribution < -0.4 is 4.90 Å². The van der Waals surface area contributed by atoms with E-state index in [9.17, 15) is 14.3 Å². The molecular weight excluding hydrogens is 481 g/mol. The number of carboxylic acids is 1. The molecule has 3 heterocycles. The van der Waals surface area contributed by atoms with E-state index in [4.69, 9.17) is 9.26 Å². The van der Waals surface area contributed by atoms with Gasteiger partial charge in [0.15, 0.2) is 10.9 Å². The van der Waals surface area contributed by atoms with Crippen molar-refractivity contribution in [3.05, 3.63) is 65.2 Å². The minimum Gasteiger partial charge on any atom is -0.478 e. The number of benzene rings is 2. The van der Waals surface area contributed by atoms with Crippen molar-refractivity contribution in [2.45, 2.75) is 50.4 Å². The van der Waals surface area contributed by atoms with E-state index in [1.54, 1.807) is 0 Å². The normalized spacial score (nSPS) is 23.1. The predicted molar refractivity (Wildman–Crippen MR) is 133 cm³/mol. The number of ether oxygens (including phenoxy) is 1. The summed E-state index contributed by atoms with van der Waals surface area (Å²) in [4.78, 5) is 18.1. The standard InChI is InChI=1S/C27H24FN3O4S/c28-20-9-16(26(32)33)10-22-24(20)29-27(36-22)31-12-17-8-18(31)11-21(17)34-13-19-23(14-4-2-1-3-5-14)30-35-25(19)15-6-7-15/h1-5,9-10,15,17-18,21H,6-8,11-13H2,(H,32,33)/t17-,18-,21+/m0/s1. The zero-order valence-corrected chi connectivity index (χ0v) is 20.2. The number of nitrogens with zero attached hydrogens (tertiary/aromatic N) is 3. The lowest BCUT2D eigenvalue weighted by molar-refractivity contribution is 0.0122. The van der Waals surface area contributed by atoms with Crippen molar-refractivity contribution in [2.75, 3.05) is 11.4 Å². The number of piperidine rings is 1. The molecule has 184 valence electrons. The van der Waals surface area contributed by atoms with Crippen molar-refractivity contribution in [2.24, 2.45) is 5.92 Å². The van der Waals surface area contributed by atoms with Crippen LogP contribution in [0.15, 0.2) is 47.0 Å². The van der Waals surface area contributed by atoms with Crippen LogP contribution in [0.1, 0.15) is 53.3 Å². The second-order valence-corrected chi connectivity index (χ2v) is 11.0. The summed E-state index contributed by atoms with van der Waals surface area (Å²) in [6, 6.07) is 12.9. The first-order valence-corrected chi connectivity index (χ1v) is 13.1. The van der Waals surface area contributed by atoms with Crippen molar-refractivity contribution in [1.29, 1.82) is 0 Å². The van der Waals surface area contributed by atoms with E-state index in [0.717, 1.165) is 66.0 Å². The molecular formula is C27H24FN3O4S. The van der Waals surface area contributed by atoms with Crippen molar-refractivity contribution in [3.8, 4) is 11.3 Å². The monoisotopic (exact) mass is 505 g/mol. The SMILES string of the molecule is O=C(O)c1cc(F)c2nc(N3C[C@@H]4C[C@H]3C[C@H]4OCc3c(-c4ccccc4)noc3C3CC3)sc2c1. The van der Waals surface area contributed by atoms with E-state index in [0.29, 0.717) is 23.1 Å². The number of anilines is 1. The zero-order chi connectivity index (χ0) is 24.4. The lowest BCUT2D eigenvalue weighted by Crippen LogP contribution is -2.38. The molecule has 3 aliphatic rings. The molecule has 3 fully saturated rings. The Hall–Kier alpha value is -3.30. The first-order valence-electron chi connectivity index (χ1n) is 12.3. The molecule has 7 rings (SSSR count). The maximum atomic E-state index is 14.5. The largest absolute Gasteiger partial charge is 0.478 e. The fourth-order valence-electron chi connectivity index (χ4n) is 5.71. The number of hydrogen-bond donors (Lipinski definition) is 1. The van der Waals surface area contributed by atoms with E-state index in [1.165, 1.54) is 17.4 Å². The molecule has 0 radical (unpaired) electrons. The molecule has 2 aromatic heterocycles.